The van der Waals surface area contributed by atoms with Crippen molar-refractivity contribution in [3.05, 3.63) is 59.5 Å². The zero-order valence-corrected chi connectivity index (χ0v) is 15.2. The molecule has 0 aliphatic carbocycles. The van der Waals surface area contributed by atoms with Gasteiger partial charge in [0.1, 0.15) is 23.4 Å². The lowest BCUT2D eigenvalue weighted by Gasteiger charge is -2.39. The monoisotopic (exact) mass is 366 g/mol. The average molecular weight is 366 g/mol. The number of anilines is 1. The normalized spacial score (nSPS) is 25.4. The van der Waals surface area contributed by atoms with Gasteiger partial charge in [-0.25, -0.2) is 9.37 Å². The minimum Gasteiger partial charge on any atom is -0.371 e. The number of likely N-dealkylation sites (tertiary alicyclic amines) is 1. The smallest absolute Gasteiger partial charge is 0.142 e. The van der Waals surface area contributed by atoms with E-state index in [9.17, 15) is 4.39 Å². The van der Waals surface area contributed by atoms with Crippen LogP contribution in [0.5, 0.6) is 0 Å². The lowest BCUT2D eigenvalue weighted by Crippen LogP contribution is -2.47. The summed E-state index contributed by atoms with van der Waals surface area (Å²) in [7, 11) is 0. The summed E-state index contributed by atoms with van der Waals surface area (Å²) in [5.74, 6) is 0.523. The van der Waals surface area contributed by atoms with E-state index in [4.69, 9.17) is 10.00 Å². The van der Waals surface area contributed by atoms with Gasteiger partial charge in [-0.2, -0.15) is 5.26 Å². The molecule has 1 spiro atoms. The van der Waals surface area contributed by atoms with Crippen LogP contribution in [0.2, 0.25) is 0 Å². The number of nitrogens with zero attached hydrogens (tertiary/aromatic N) is 3. The topological polar surface area (TPSA) is 61.2 Å². The fourth-order valence-electron chi connectivity index (χ4n) is 4.18. The van der Waals surface area contributed by atoms with Crippen molar-refractivity contribution in [3.8, 4) is 6.07 Å². The van der Waals surface area contributed by atoms with Gasteiger partial charge >= 0.3 is 0 Å². The summed E-state index contributed by atoms with van der Waals surface area (Å²) in [6.45, 7) is 3.37. The zero-order valence-electron chi connectivity index (χ0n) is 15.2. The molecule has 2 aliphatic heterocycles. The van der Waals surface area contributed by atoms with Gasteiger partial charge in [-0.15, -0.1) is 0 Å². The molecule has 0 bridgehead atoms. The van der Waals surface area contributed by atoms with Crippen LogP contribution in [-0.4, -0.2) is 41.2 Å². The SMILES string of the molecule is N#Cc1cccc(N[C@H]2CO[C@]3(CCCN(Cc4ccc(F)cc4)C3)C2)n1. The summed E-state index contributed by atoms with van der Waals surface area (Å²) in [5.41, 5.74) is 1.40. The highest BCUT2D eigenvalue weighted by molar-refractivity contribution is 5.39. The van der Waals surface area contributed by atoms with Gasteiger partial charge in [0.05, 0.1) is 18.2 Å². The molecule has 140 valence electrons. The van der Waals surface area contributed by atoms with Gasteiger partial charge in [-0.1, -0.05) is 18.2 Å². The number of nitriles is 1. The van der Waals surface area contributed by atoms with Crippen molar-refractivity contribution < 1.29 is 9.13 Å². The minimum absolute atomic E-state index is 0.136. The van der Waals surface area contributed by atoms with Gasteiger partial charge in [0.2, 0.25) is 0 Å². The third-order valence-corrected chi connectivity index (χ3v) is 5.36. The lowest BCUT2D eigenvalue weighted by molar-refractivity contribution is -0.0533. The highest BCUT2D eigenvalue weighted by Gasteiger charge is 2.43. The summed E-state index contributed by atoms with van der Waals surface area (Å²) >= 11 is 0. The molecule has 6 heteroatoms. The summed E-state index contributed by atoms with van der Waals surface area (Å²) in [6.07, 6.45) is 3.07. The van der Waals surface area contributed by atoms with Gasteiger partial charge < -0.3 is 10.1 Å². The number of piperidine rings is 1. The van der Waals surface area contributed by atoms with E-state index in [-0.39, 0.29) is 17.5 Å². The van der Waals surface area contributed by atoms with Crippen LogP contribution in [0.3, 0.4) is 0 Å². The van der Waals surface area contributed by atoms with Crippen molar-refractivity contribution in [2.45, 2.75) is 37.5 Å². The quantitative estimate of drug-likeness (QED) is 0.899. The van der Waals surface area contributed by atoms with Crippen molar-refractivity contribution in [3.63, 3.8) is 0 Å². The maximum absolute atomic E-state index is 13.1. The van der Waals surface area contributed by atoms with E-state index in [1.807, 2.05) is 24.3 Å². The number of pyridine rings is 1. The zero-order chi connectivity index (χ0) is 18.7. The standard InChI is InChI=1S/C21H23FN4O/c22-17-7-5-16(6-8-17)13-26-10-2-9-21(15-26)11-19(14-27-21)25-20-4-1-3-18(12-23)24-20/h1,3-8,19H,2,9-11,13-15H2,(H,24,25)/t19-,21-/m1/s1. The third kappa shape index (κ3) is 4.26. The second kappa shape index (κ2) is 7.63. The summed E-state index contributed by atoms with van der Waals surface area (Å²) in [5, 5.41) is 12.4. The first-order valence-electron chi connectivity index (χ1n) is 9.39. The summed E-state index contributed by atoms with van der Waals surface area (Å²) in [6, 6.07) is 14.4. The summed E-state index contributed by atoms with van der Waals surface area (Å²) < 4.78 is 19.4. The molecule has 2 fully saturated rings. The molecule has 5 nitrogen and oxygen atoms in total. The third-order valence-electron chi connectivity index (χ3n) is 5.36. The van der Waals surface area contributed by atoms with Gasteiger partial charge in [-0.3, -0.25) is 4.90 Å². The van der Waals surface area contributed by atoms with Crippen LogP contribution in [-0.2, 0) is 11.3 Å². The number of aromatic nitrogens is 1. The van der Waals surface area contributed by atoms with Crippen molar-refractivity contribution in [2.75, 3.05) is 25.0 Å². The van der Waals surface area contributed by atoms with E-state index in [0.717, 1.165) is 50.3 Å². The molecular formula is C21H23FN4O. The molecule has 0 saturated carbocycles. The molecule has 27 heavy (non-hydrogen) atoms. The Morgan fingerprint density at radius 1 is 1.30 bits per heavy atom. The van der Waals surface area contributed by atoms with Crippen LogP contribution < -0.4 is 5.32 Å². The van der Waals surface area contributed by atoms with Crippen molar-refractivity contribution in [1.29, 1.82) is 5.26 Å². The molecule has 0 radical (unpaired) electrons. The van der Waals surface area contributed by atoms with Gasteiger partial charge in [0, 0.05) is 19.5 Å². The highest BCUT2D eigenvalue weighted by atomic mass is 19.1. The van der Waals surface area contributed by atoms with E-state index in [1.54, 1.807) is 6.07 Å². The molecule has 0 amide bonds. The Kier molecular flexibility index (Phi) is 5.06. The molecule has 2 aliphatic rings. The largest absolute Gasteiger partial charge is 0.371 e. The maximum atomic E-state index is 13.1. The predicted molar refractivity (Wildman–Crippen MR) is 101 cm³/mol. The summed E-state index contributed by atoms with van der Waals surface area (Å²) in [4.78, 5) is 6.69. The Bertz CT molecular complexity index is 835. The lowest BCUT2D eigenvalue weighted by atomic mass is 9.88. The van der Waals surface area contributed by atoms with Crippen LogP contribution >= 0.6 is 0 Å². The van der Waals surface area contributed by atoms with Gasteiger partial charge in [0.25, 0.3) is 0 Å². The van der Waals surface area contributed by atoms with Crippen molar-refractivity contribution in [1.82, 2.24) is 9.88 Å². The Labute approximate surface area is 158 Å². The molecule has 0 unspecified atom stereocenters. The first kappa shape index (κ1) is 17.9. The Hall–Kier alpha value is -2.49. The van der Waals surface area contributed by atoms with Crippen LogP contribution in [0.15, 0.2) is 42.5 Å². The van der Waals surface area contributed by atoms with Gasteiger partial charge in [0.15, 0.2) is 0 Å². The molecule has 2 saturated heterocycles. The van der Waals surface area contributed by atoms with E-state index in [2.05, 4.69) is 21.3 Å². The average Bonchev–Trinajstić information content (AvgIpc) is 3.05. The first-order valence-corrected chi connectivity index (χ1v) is 9.39. The Balaban J connectivity index is 1.37. The molecule has 1 aromatic carbocycles. The second-order valence-corrected chi connectivity index (χ2v) is 7.50. The number of hydrogen-bond acceptors (Lipinski definition) is 5. The number of hydrogen-bond donors (Lipinski definition) is 1. The van der Waals surface area contributed by atoms with E-state index in [0.29, 0.717) is 12.3 Å². The maximum Gasteiger partial charge on any atom is 0.142 e. The van der Waals surface area contributed by atoms with Crippen LogP contribution in [0.4, 0.5) is 10.2 Å². The van der Waals surface area contributed by atoms with Crippen molar-refractivity contribution in [2.24, 2.45) is 0 Å². The minimum atomic E-state index is -0.198. The molecule has 1 aromatic heterocycles. The van der Waals surface area contributed by atoms with Crippen LogP contribution in [0, 0.1) is 17.1 Å². The number of nitrogens with one attached hydrogen (secondary N) is 1. The van der Waals surface area contributed by atoms with Crippen LogP contribution in [0.25, 0.3) is 0 Å². The molecule has 1 N–H and O–H groups in total. The number of halogens is 1. The fraction of sp³-hybridized carbons (Fsp3) is 0.429. The number of ether oxygens (including phenoxy) is 1. The predicted octanol–water partition coefficient (Wildman–Crippen LogP) is 3.33. The van der Waals surface area contributed by atoms with E-state index in [1.165, 1.54) is 12.1 Å². The molecule has 4 rings (SSSR count). The number of rotatable bonds is 4. The fourth-order valence-corrected chi connectivity index (χ4v) is 4.18. The van der Waals surface area contributed by atoms with E-state index >= 15 is 0 Å². The van der Waals surface area contributed by atoms with E-state index < -0.39 is 0 Å². The molecule has 2 aromatic rings. The first-order chi connectivity index (χ1) is 13.1. The van der Waals surface area contributed by atoms with Gasteiger partial charge in [-0.05, 0) is 49.2 Å². The highest BCUT2D eigenvalue weighted by Crippen LogP contribution is 2.36. The van der Waals surface area contributed by atoms with Crippen molar-refractivity contribution >= 4 is 5.82 Å². The molecular weight excluding hydrogens is 343 g/mol. The van der Waals surface area contributed by atoms with Crippen LogP contribution in [0.1, 0.15) is 30.5 Å². The Morgan fingerprint density at radius 3 is 2.96 bits per heavy atom. The Morgan fingerprint density at radius 2 is 2.15 bits per heavy atom. The molecule has 2 atom stereocenters. The number of benzene rings is 1. The molecule has 3 heterocycles. The second-order valence-electron chi connectivity index (χ2n) is 7.50.